The van der Waals surface area contributed by atoms with Crippen LogP contribution < -0.4 is 4.74 Å². The minimum Gasteiger partial charge on any atom is -0.472 e. The van der Waals surface area contributed by atoms with E-state index in [1.807, 2.05) is 11.6 Å². The number of piperidine rings is 1. The molecule has 0 saturated carbocycles. The second-order valence-corrected chi connectivity index (χ2v) is 13.5. The molecule has 0 unspecified atom stereocenters. The number of carbonyl (C=O) groups is 1. The zero-order chi connectivity index (χ0) is 36.9. The summed E-state index contributed by atoms with van der Waals surface area (Å²) in [6, 6.07) is 7.25. The molecule has 3 aromatic heterocycles. The van der Waals surface area contributed by atoms with Gasteiger partial charge in [-0.15, -0.1) is 0 Å². The Morgan fingerprint density at radius 3 is 2.81 bits per heavy atom. The SMILES string of the molecule is C=C/C=C\c1ccnc(-c2c(Cl)cc3c(nc(O[C@@H](C)[C@@H]4CCCN4C)c4cnn([C@H]5CCN(C(=O)/C=C/COC)[C@H](CC#N)C5)c43)c2F)c1C#N. The molecule has 0 aliphatic carbocycles. The Kier molecular flexibility index (Phi) is 11.3. The first-order chi connectivity index (χ1) is 25.2. The maximum absolute atomic E-state index is 17.1. The molecule has 11 nitrogen and oxygen atoms in total. The van der Waals surface area contributed by atoms with Gasteiger partial charge in [-0.2, -0.15) is 15.6 Å². The number of amides is 1. The number of halogens is 2. The maximum Gasteiger partial charge on any atom is 0.246 e. The highest BCUT2D eigenvalue weighted by atomic mass is 35.5. The second-order valence-electron chi connectivity index (χ2n) is 13.1. The highest BCUT2D eigenvalue weighted by molar-refractivity contribution is 6.34. The highest BCUT2D eigenvalue weighted by Crippen LogP contribution is 2.42. The Morgan fingerprint density at radius 2 is 2.10 bits per heavy atom. The fourth-order valence-electron chi connectivity index (χ4n) is 7.49. The number of nitrogens with zero attached hydrogens (tertiary/aromatic N) is 8. The molecule has 13 heteroatoms. The molecular weight excluding hydrogens is 683 g/mol. The number of benzene rings is 1. The van der Waals surface area contributed by atoms with Crippen LogP contribution in [-0.4, -0.2) is 87.5 Å². The van der Waals surface area contributed by atoms with Gasteiger partial charge in [0.1, 0.15) is 17.7 Å². The number of ether oxygens (including phenoxy) is 2. The van der Waals surface area contributed by atoms with Crippen LogP contribution >= 0.6 is 11.6 Å². The van der Waals surface area contributed by atoms with Gasteiger partial charge in [0.15, 0.2) is 5.82 Å². The lowest BCUT2D eigenvalue weighted by molar-refractivity contribution is -0.130. The maximum atomic E-state index is 17.1. The van der Waals surface area contributed by atoms with E-state index in [0.717, 1.165) is 19.4 Å². The molecule has 0 spiro atoms. The molecule has 268 valence electrons. The van der Waals surface area contributed by atoms with Gasteiger partial charge in [0, 0.05) is 43.4 Å². The summed E-state index contributed by atoms with van der Waals surface area (Å²) in [5.41, 5.74) is 1.31. The first-order valence-electron chi connectivity index (χ1n) is 17.3. The molecule has 2 aliphatic rings. The Balaban J connectivity index is 1.51. The van der Waals surface area contributed by atoms with Crippen LogP contribution in [0.4, 0.5) is 4.39 Å². The number of fused-ring (bicyclic) bond motifs is 3. The third-order valence-corrected chi connectivity index (χ3v) is 10.3. The van der Waals surface area contributed by atoms with Crippen molar-refractivity contribution >= 4 is 45.4 Å². The van der Waals surface area contributed by atoms with Crippen molar-refractivity contribution < 1.29 is 18.7 Å². The molecule has 0 bridgehead atoms. The highest BCUT2D eigenvalue weighted by Gasteiger charge is 2.35. The van der Waals surface area contributed by atoms with Crippen molar-refractivity contribution in [3.63, 3.8) is 0 Å². The van der Waals surface area contributed by atoms with Crippen molar-refractivity contribution in [2.24, 2.45) is 0 Å². The van der Waals surface area contributed by atoms with Crippen LogP contribution in [0, 0.1) is 28.5 Å². The van der Waals surface area contributed by atoms with Gasteiger partial charge in [0.25, 0.3) is 0 Å². The number of methoxy groups -OCH3 is 1. The van der Waals surface area contributed by atoms with Gasteiger partial charge in [0.2, 0.25) is 11.8 Å². The molecule has 1 amide bonds. The predicted octanol–water partition coefficient (Wildman–Crippen LogP) is 7.02. The number of hydrogen-bond donors (Lipinski definition) is 0. The van der Waals surface area contributed by atoms with E-state index >= 15 is 4.39 Å². The van der Waals surface area contributed by atoms with Crippen LogP contribution in [0.1, 0.15) is 56.2 Å². The number of hydrogen-bond acceptors (Lipinski definition) is 9. The first-order valence-corrected chi connectivity index (χ1v) is 17.7. The van der Waals surface area contributed by atoms with Gasteiger partial charge in [-0.1, -0.05) is 42.5 Å². The lowest BCUT2D eigenvalue weighted by Gasteiger charge is -2.38. The number of aromatic nitrogens is 4. The predicted molar refractivity (Wildman–Crippen MR) is 198 cm³/mol. The van der Waals surface area contributed by atoms with Crippen LogP contribution in [0.15, 0.2) is 55.4 Å². The number of carbonyl (C=O) groups excluding carboxylic acids is 1. The number of allylic oxidation sites excluding steroid dienone is 2. The smallest absolute Gasteiger partial charge is 0.246 e. The molecule has 0 radical (unpaired) electrons. The van der Waals surface area contributed by atoms with E-state index in [0.29, 0.717) is 47.8 Å². The molecular formula is C39H40ClFN8O3. The van der Waals surface area contributed by atoms with E-state index in [-0.39, 0.29) is 69.8 Å². The summed E-state index contributed by atoms with van der Waals surface area (Å²) in [7, 11) is 3.62. The van der Waals surface area contributed by atoms with Crippen molar-refractivity contribution in [2.75, 3.05) is 33.9 Å². The van der Waals surface area contributed by atoms with Crippen LogP contribution in [0.3, 0.4) is 0 Å². The lowest BCUT2D eigenvalue weighted by atomic mass is 9.94. The van der Waals surface area contributed by atoms with Crippen LogP contribution in [0.2, 0.25) is 5.02 Å². The van der Waals surface area contributed by atoms with Gasteiger partial charge in [0.05, 0.1) is 64.1 Å². The second kappa shape index (κ2) is 16.0. The van der Waals surface area contributed by atoms with Crippen molar-refractivity contribution in [1.29, 1.82) is 10.5 Å². The van der Waals surface area contributed by atoms with Crippen molar-refractivity contribution in [3.05, 3.63) is 77.4 Å². The summed E-state index contributed by atoms with van der Waals surface area (Å²) in [5.74, 6) is -0.700. The van der Waals surface area contributed by atoms with Crippen molar-refractivity contribution in [3.8, 4) is 29.3 Å². The lowest BCUT2D eigenvalue weighted by Crippen LogP contribution is -2.46. The minimum absolute atomic E-state index is 0.00202. The quantitative estimate of drug-likeness (QED) is 0.118. The summed E-state index contributed by atoms with van der Waals surface area (Å²) in [4.78, 5) is 26.3. The molecule has 5 heterocycles. The van der Waals surface area contributed by atoms with Gasteiger partial charge >= 0.3 is 0 Å². The molecule has 4 atom stereocenters. The number of rotatable bonds is 11. The van der Waals surface area contributed by atoms with Gasteiger partial charge < -0.3 is 14.4 Å². The Hall–Kier alpha value is -5.14. The Labute approximate surface area is 307 Å². The molecule has 0 N–H and O–H groups in total. The summed E-state index contributed by atoms with van der Waals surface area (Å²) < 4.78 is 30.6. The molecule has 52 heavy (non-hydrogen) atoms. The Bertz CT molecular complexity index is 2150. The summed E-state index contributed by atoms with van der Waals surface area (Å²) in [6.45, 7) is 7.34. The molecule has 1 aromatic carbocycles. The van der Waals surface area contributed by atoms with Crippen molar-refractivity contribution in [1.82, 2.24) is 29.5 Å². The normalized spacial score (nSPS) is 20.1. The monoisotopic (exact) mass is 722 g/mol. The fourth-order valence-corrected chi connectivity index (χ4v) is 7.77. The van der Waals surface area contributed by atoms with E-state index in [1.54, 1.807) is 54.6 Å². The number of likely N-dealkylation sites (tertiary alicyclic amines) is 2. The summed E-state index contributed by atoms with van der Waals surface area (Å²) in [5, 5.41) is 25.7. The number of pyridine rings is 2. The van der Waals surface area contributed by atoms with Gasteiger partial charge in [-0.25, -0.2) is 9.37 Å². The number of likely N-dealkylation sites (N-methyl/N-ethyl adjacent to an activating group) is 1. The van der Waals surface area contributed by atoms with E-state index in [2.05, 4.69) is 35.6 Å². The van der Waals surface area contributed by atoms with E-state index in [9.17, 15) is 15.3 Å². The standard InChI is InChI=1S/C39H40ClFN8O3/c1-5-6-9-25-13-16-44-36(29(25)22-43)34-31(40)21-28-37(35(34)41)46-39(52-24(2)32-10-7-17-47(32)3)30-23-45-49(38(28)30)27-14-18-48(26(20-27)12-15-42)33(50)11-8-19-51-4/h5-6,8-9,11,13,16,21,23-24,26-27,32H,1,7,10,12,14,17-20H2,2-4H3/b9-6-,11-8+/t24-,26+,27-,32-/m0/s1. The summed E-state index contributed by atoms with van der Waals surface area (Å²) >= 11 is 6.92. The fraction of sp³-hybridized carbons (Fsp3) is 0.385. The third kappa shape index (κ3) is 7.02. The molecule has 2 fully saturated rings. The zero-order valence-electron chi connectivity index (χ0n) is 29.4. The van der Waals surface area contributed by atoms with E-state index in [4.69, 9.17) is 31.2 Å². The topological polar surface area (TPSA) is 133 Å². The first kappa shape index (κ1) is 36.6. The molecule has 4 aromatic rings. The van der Waals surface area contributed by atoms with Crippen LogP contribution in [-0.2, 0) is 9.53 Å². The third-order valence-electron chi connectivity index (χ3n) is 10.0. The van der Waals surface area contributed by atoms with Crippen molar-refractivity contribution in [2.45, 2.75) is 63.3 Å². The number of nitriles is 2. The van der Waals surface area contributed by atoms with E-state index < -0.39 is 5.82 Å². The average molecular weight is 723 g/mol. The van der Waals surface area contributed by atoms with Gasteiger partial charge in [-0.05, 0) is 63.9 Å². The largest absolute Gasteiger partial charge is 0.472 e. The Morgan fingerprint density at radius 1 is 1.27 bits per heavy atom. The molecule has 6 rings (SSSR count). The minimum atomic E-state index is -0.743. The van der Waals surface area contributed by atoms with Crippen LogP contribution in [0.25, 0.3) is 39.1 Å². The molecule has 2 aliphatic heterocycles. The average Bonchev–Trinajstić information content (AvgIpc) is 3.78. The van der Waals surface area contributed by atoms with Crippen LogP contribution in [0.5, 0.6) is 5.88 Å². The zero-order valence-corrected chi connectivity index (χ0v) is 30.2. The van der Waals surface area contributed by atoms with Gasteiger partial charge in [-0.3, -0.25) is 19.4 Å². The van der Waals surface area contributed by atoms with E-state index in [1.165, 1.54) is 12.3 Å². The summed E-state index contributed by atoms with van der Waals surface area (Å²) in [6.07, 6.45) is 14.1. The molecule has 2 saturated heterocycles.